The zero-order valence-electron chi connectivity index (χ0n) is 11.8. The zero-order valence-corrected chi connectivity index (χ0v) is 11.8. The number of piperidine rings is 1. The number of halogens is 1. The average molecular weight is 279 g/mol. The Morgan fingerprint density at radius 2 is 2.25 bits per heavy atom. The first-order valence-corrected chi connectivity index (χ1v) is 7.11. The van der Waals surface area contributed by atoms with E-state index in [0.717, 1.165) is 25.8 Å². The molecule has 1 aliphatic rings. The summed E-state index contributed by atoms with van der Waals surface area (Å²) in [7, 11) is 1.63. The van der Waals surface area contributed by atoms with Crippen LogP contribution in [-0.4, -0.2) is 37.0 Å². The lowest BCUT2D eigenvalue weighted by atomic mass is 9.95. The van der Waals surface area contributed by atoms with Crippen molar-refractivity contribution in [3.63, 3.8) is 0 Å². The third kappa shape index (κ3) is 2.99. The fourth-order valence-electron chi connectivity index (χ4n) is 2.96. The lowest BCUT2D eigenvalue weighted by Gasteiger charge is -2.40. The normalized spacial score (nSPS) is 21.4. The van der Waals surface area contributed by atoms with Gasteiger partial charge in [-0.15, -0.1) is 0 Å². The molecular weight excluding hydrogens is 257 g/mol. The van der Waals surface area contributed by atoms with Crippen LogP contribution in [0.5, 0.6) is 0 Å². The fraction of sp³-hybridized carbons (Fsp3) is 0.533. The van der Waals surface area contributed by atoms with Crippen LogP contribution in [-0.2, 0) is 4.79 Å². The van der Waals surface area contributed by atoms with E-state index < -0.39 is 0 Å². The minimum Gasteiger partial charge on any atom is -0.358 e. The van der Waals surface area contributed by atoms with Crippen LogP contribution >= 0.6 is 0 Å². The third-order valence-corrected chi connectivity index (χ3v) is 3.98. The average Bonchev–Trinajstić information content (AvgIpc) is 2.49. The van der Waals surface area contributed by atoms with Gasteiger partial charge in [0.05, 0.1) is 12.1 Å². The van der Waals surface area contributed by atoms with Gasteiger partial charge in [-0.25, -0.2) is 4.39 Å². The van der Waals surface area contributed by atoms with Crippen LogP contribution in [0.1, 0.15) is 30.9 Å². The van der Waals surface area contributed by atoms with Gasteiger partial charge in [-0.05, 0) is 25.5 Å². The number of benzene rings is 1. The number of likely N-dealkylation sites (tertiary alicyclic amines) is 1. The highest BCUT2D eigenvalue weighted by atomic mass is 19.1. The third-order valence-electron chi connectivity index (χ3n) is 3.98. The number of carbonyl (C=O) groups is 1. The van der Waals surface area contributed by atoms with Crippen molar-refractivity contribution in [1.29, 1.82) is 0 Å². The summed E-state index contributed by atoms with van der Waals surface area (Å²) in [6.45, 7) is 1.07. The fourth-order valence-corrected chi connectivity index (χ4v) is 2.96. The van der Waals surface area contributed by atoms with E-state index >= 15 is 0 Å². The first kappa shape index (κ1) is 14.9. The summed E-state index contributed by atoms with van der Waals surface area (Å²) in [4.78, 5) is 14.1. The van der Waals surface area contributed by atoms with Crippen molar-refractivity contribution in [2.45, 2.75) is 31.3 Å². The van der Waals surface area contributed by atoms with Gasteiger partial charge in [0.1, 0.15) is 5.82 Å². The zero-order chi connectivity index (χ0) is 14.5. The second kappa shape index (κ2) is 6.81. The van der Waals surface area contributed by atoms with Crippen molar-refractivity contribution in [3.05, 3.63) is 35.6 Å². The number of rotatable bonds is 4. The quantitative estimate of drug-likeness (QED) is 0.876. The van der Waals surface area contributed by atoms with Crippen LogP contribution < -0.4 is 11.1 Å². The highest BCUT2D eigenvalue weighted by Gasteiger charge is 2.34. The Bertz CT molecular complexity index is 466. The molecule has 2 unspecified atom stereocenters. The van der Waals surface area contributed by atoms with Crippen molar-refractivity contribution >= 4 is 5.91 Å². The van der Waals surface area contributed by atoms with Gasteiger partial charge >= 0.3 is 0 Å². The van der Waals surface area contributed by atoms with Gasteiger partial charge in [0.25, 0.3) is 0 Å². The Balaban J connectivity index is 2.29. The molecule has 110 valence electrons. The molecule has 0 aliphatic carbocycles. The molecule has 1 aromatic rings. The summed E-state index contributed by atoms with van der Waals surface area (Å²) in [5.74, 6) is -0.274. The molecule has 2 rings (SSSR count). The van der Waals surface area contributed by atoms with Crippen molar-refractivity contribution in [1.82, 2.24) is 10.2 Å². The molecule has 1 fully saturated rings. The molecule has 1 aliphatic heterocycles. The van der Waals surface area contributed by atoms with Gasteiger partial charge in [-0.2, -0.15) is 0 Å². The Morgan fingerprint density at radius 3 is 2.90 bits per heavy atom. The Hall–Kier alpha value is -1.46. The topological polar surface area (TPSA) is 58.4 Å². The molecular formula is C15H22FN3O. The number of carbonyl (C=O) groups excluding carboxylic acids is 1. The SMILES string of the molecule is CNC(=O)C1CCCCN1C(CN)c1ccccc1F. The van der Waals surface area contributed by atoms with Gasteiger partial charge in [0.15, 0.2) is 0 Å². The molecule has 5 heteroatoms. The van der Waals surface area contributed by atoms with Gasteiger partial charge < -0.3 is 11.1 Å². The Morgan fingerprint density at radius 1 is 1.50 bits per heavy atom. The number of hydrogen-bond donors (Lipinski definition) is 2. The molecule has 1 heterocycles. The molecule has 0 saturated carbocycles. The van der Waals surface area contributed by atoms with E-state index in [9.17, 15) is 9.18 Å². The minimum atomic E-state index is -0.260. The number of hydrogen-bond acceptors (Lipinski definition) is 3. The molecule has 3 N–H and O–H groups in total. The minimum absolute atomic E-state index is 0.0144. The smallest absolute Gasteiger partial charge is 0.237 e. The predicted octanol–water partition coefficient (Wildman–Crippen LogP) is 1.43. The van der Waals surface area contributed by atoms with Crippen LogP contribution in [0.25, 0.3) is 0 Å². The number of nitrogens with zero attached hydrogens (tertiary/aromatic N) is 1. The van der Waals surface area contributed by atoms with Gasteiger partial charge in [-0.1, -0.05) is 24.6 Å². The maximum Gasteiger partial charge on any atom is 0.237 e. The molecule has 1 saturated heterocycles. The van der Waals surface area contributed by atoms with Crippen LogP contribution in [0.2, 0.25) is 0 Å². The largest absolute Gasteiger partial charge is 0.358 e. The van der Waals surface area contributed by atoms with Crippen molar-refractivity contribution in [2.75, 3.05) is 20.1 Å². The first-order valence-electron chi connectivity index (χ1n) is 7.11. The maximum absolute atomic E-state index is 14.0. The lowest BCUT2D eigenvalue weighted by Crippen LogP contribution is -2.51. The van der Waals surface area contributed by atoms with Gasteiger partial charge in [-0.3, -0.25) is 9.69 Å². The van der Waals surface area contributed by atoms with E-state index in [2.05, 4.69) is 5.32 Å². The monoisotopic (exact) mass is 279 g/mol. The second-order valence-electron chi connectivity index (χ2n) is 5.14. The molecule has 1 aromatic carbocycles. The lowest BCUT2D eigenvalue weighted by molar-refractivity contribution is -0.128. The molecule has 0 spiro atoms. The second-order valence-corrected chi connectivity index (χ2v) is 5.14. The number of likely N-dealkylation sites (N-methyl/N-ethyl adjacent to an activating group) is 1. The van der Waals surface area contributed by atoms with E-state index in [1.165, 1.54) is 6.07 Å². The molecule has 4 nitrogen and oxygen atoms in total. The van der Waals surface area contributed by atoms with E-state index in [1.807, 2.05) is 4.90 Å². The summed E-state index contributed by atoms with van der Waals surface area (Å²) in [6, 6.07) is 6.19. The standard InChI is InChI=1S/C15H22FN3O/c1-18-15(20)13-8-4-5-9-19(13)14(10-17)11-6-2-3-7-12(11)16/h2-3,6-7,13-14H,4-5,8-10,17H2,1H3,(H,18,20). The summed E-state index contributed by atoms with van der Waals surface area (Å²) >= 11 is 0. The molecule has 0 radical (unpaired) electrons. The van der Waals surface area contributed by atoms with E-state index in [4.69, 9.17) is 5.73 Å². The van der Waals surface area contributed by atoms with E-state index in [0.29, 0.717) is 12.1 Å². The van der Waals surface area contributed by atoms with Gasteiger partial charge in [0, 0.05) is 19.2 Å². The molecule has 20 heavy (non-hydrogen) atoms. The van der Waals surface area contributed by atoms with Crippen molar-refractivity contribution in [2.24, 2.45) is 5.73 Å². The van der Waals surface area contributed by atoms with E-state index in [1.54, 1.807) is 25.2 Å². The molecule has 0 aromatic heterocycles. The Kier molecular flexibility index (Phi) is 5.09. The van der Waals surface area contributed by atoms with Crippen molar-refractivity contribution < 1.29 is 9.18 Å². The van der Waals surface area contributed by atoms with E-state index in [-0.39, 0.29) is 23.8 Å². The first-order chi connectivity index (χ1) is 9.69. The van der Waals surface area contributed by atoms with Crippen LogP contribution in [0.4, 0.5) is 4.39 Å². The maximum atomic E-state index is 14.0. The summed E-state index contributed by atoms with van der Waals surface area (Å²) < 4.78 is 14.0. The van der Waals surface area contributed by atoms with Gasteiger partial charge in [0.2, 0.25) is 5.91 Å². The van der Waals surface area contributed by atoms with Crippen LogP contribution in [0, 0.1) is 5.82 Å². The van der Waals surface area contributed by atoms with Crippen LogP contribution in [0.3, 0.4) is 0 Å². The van der Waals surface area contributed by atoms with Crippen LogP contribution in [0.15, 0.2) is 24.3 Å². The summed E-state index contributed by atoms with van der Waals surface area (Å²) in [5, 5.41) is 2.69. The predicted molar refractivity (Wildman–Crippen MR) is 76.6 cm³/mol. The Labute approximate surface area is 119 Å². The molecule has 1 amide bonds. The number of nitrogens with one attached hydrogen (secondary N) is 1. The number of amides is 1. The summed E-state index contributed by atoms with van der Waals surface area (Å²) in [6.07, 6.45) is 2.83. The van der Waals surface area contributed by atoms with Crippen molar-refractivity contribution in [3.8, 4) is 0 Å². The highest BCUT2D eigenvalue weighted by Crippen LogP contribution is 2.29. The number of nitrogens with two attached hydrogens (primary N) is 1. The molecule has 2 atom stereocenters. The highest BCUT2D eigenvalue weighted by molar-refractivity contribution is 5.81. The summed E-state index contributed by atoms with van der Waals surface area (Å²) in [5.41, 5.74) is 6.44. The molecule has 0 bridgehead atoms.